The highest BCUT2D eigenvalue weighted by Gasteiger charge is 2.28. The maximum absolute atomic E-state index is 12.6. The number of para-hydroxylation sites is 1. The van der Waals surface area contributed by atoms with E-state index in [0.717, 1.165) is 23.0 Å². The van der Waals surface area contributed by atoms with Crippen LogP contribution in [0.1, 0.15) is 37.3 Å². The maximum atomic E-state index is 12.6. The largest absolute Gasteiger partial charge is 0.434 e. The number of hydrogen-bond donors (Lipinski definition) is 1. The monoisotopic (exact) mass is 495 g/mol. The molecule has 2 aliphatic rings. The van der Waals surface area contributed by atoms with Crippen molar-refractivity contribution >= 4 is 5.69 Å². The van der Waals surface area contributed by atoms with Crippen LogP contribution in [0.25, 0.3) is 11.3 Å². The van der Waals surface area contributed by atoms with Crippen molar-refractivity contribution in [3.05, 3.63) is 66.4 Å². The van der Waals surface area contributed by atoms with Gasteiger partial charge in [0.15, 0.2) is 0 Å². The smallest absolute Gasteiger partial charge is 0.387 e. The summed E-state index contributed by atoms with van der Waals surface area (Å²) in [5.74, 6) is 0.194. The fourth-order valence-electron chi connectivity index (χ4n) is 5.39. The molecule has 5 rings (SSSR count). The number of benzene rings is 2. The van der Waals surface area contributed by atoms with Crippen LogP contribution in [0.3, 0.4) is 0 Å². The fraction of sp³-hybridized carbons (Fsp3) is 0.464. The van der Waals surface area contributed by atoms with E-state index in [0.29, 0.717) is 18.2 Å². The molecular weight excluding hydrogens is 460 g/mol. The summed E-state index contributed by atoms with van der Waals surface area (Å²) in [5.41, 5.74) is 3.63. The zero-order chi connectivity index (χ0) is 24.9. The van der Waals surface area contributed by atoms with Crippen LogP contribution in [-0.2, 0) is 6.54 Å². The molecule has 1 aliphatic carbocycles. The Labute approximate surface area is 211 Å². The molecule has 36 heavy (non-hydrogen) atoms. The molecule has 0 unspecified atom stereocenters. The van der Waals surface area contributed by atoms with Crippen molar-refractivity contribution in [3.63, 3.8) is 0 Å². The number of halogens is 2. The van der Waals surface area contributed by atoms with Crippen molar-refractivity contribution in [2.75, 3.05) is 38.5 Å². The second kappa shape index (κ2) is 11.4. The van der Waals surface area contributed by atoms with E-state index in [9.17, 15) is 8.78 Å². The van der Waals surface area contributed by atoms with Crippen molar-refractivity contribution in [3.8, 4) is 17.0 Å². The third-order valence-electron chi connectivity index (χ3n) is 7.56. The van der Waals surface area contributed by atoms with Crippen molar-refractivity contribution in [2.24, 2.45) is 0 Å². The molecule has 8 heteroatoms. The zero-order valence-electron chi connectivity index (χ0n) is 20.8. The van der Waals surface area contributed by atoms with E-state index in [1.807, 2.05) is 30.3 Å². The molecule has 2 heterocycles. The van der Waals surface area contributed by atoms with Gasteiger partial charge in [-0.1, -0.05) is 30.3 Å². The van der Waals surface area contributed by atoms with Crippen LogP contribution in [-0.4, -0.2) is 65.5 Å². The van der Waals surface area contributed by atoms with E-state index in [1.54, 1.807) is 18.2 Å². The van der Waals surface area contributed by atoms with E-state index in [4.69, 9.17) is 5.10 Å². The molecule has 1 N–H and O–H groups in total. The third kappa shape index (κ3) is 6.05. The first-order chi connectivity index (χ1) is 17.5. The number of nitrogens with one attached hydrogen (secondary N) is 1. The molecule has 1 aromatic heterocycles. The Morgan fingerprint density at radius 1 is 0.917 bits per heavy atom. The lowest BCUT2D eigenvalue weighted by Crippen LogP contribution is -2.49. The molecule has 0 atom stereocenters. The number of likely N-dealkylation sites (N-methyl/N-ethyl adjacent to an activating group) is 1. The highest BCUT2D eigenvalue weighted by Crippen LogP contribution is 2.32. The molecule has 0 radical (unpaired) electrons. The minimum atomic E-state index is -2.84. The number of aromatic nitrogens is 2. The first kappa shape index (κ1) is 24.7. The number of hydrogen-bond acceptors (Lipinski definition) is 5. The van der Waals surface area contributed by atoms with E-state index < -0.39 is 6.61 Å². The Hall–Kier alpha value is -2.97. The van der Waals surface area contributed by atoms with Crippen LogP contribution in [0, 0.1) is 0 Å². The standard InChI is InChI=1S/C28H35F2N5O/c1-33-16-18-34(19-17-33)24-10-12-25(13-11-24)35-15-14-26(32-35)21-6-8-23(9-7-21)31-20-22-4-2-3-5-27(22)36-28(29)30/h2-9,14-15,24-25,28,31H,10-13,16-20H2,1H3/t24-,25+. The number of nitrogens with zero attached hydrogens (tertiary/aromatic N) is 4. The minimum absolute atomic E-state index is 0.194. The number of ether oxygens (including phenoxy) is 1. The van der Waals surface area contributed by atoms with Crippen molar-refractivity contribution in [2.45, 2.75) is 50.9 Å². The molecule has 1 saturated heterocycles. The van der Waals surface area contributed by atoms with Gasteiger partial charge >= 0.3 is 6.61 Å². The van der Waals surface area contributed by atoms with Gasteiger partial charge in [0.1, 0.15) is 5.75 Å². The number of rotatable bonds is 8. The summed E-state index contributed by atoms with van der Waals surface area (Å²) in [6.07, 6.45) is 6.96. The maximum Gasteiger partial charge on any atom is 0.387 e. The number of alkyl halides is 2. The Morgan fingerprint density at radius 3 is 2.33 bits per heavy atom. The first-order valence-electron chi connectivity index (χ1n) is 12.9. The Bertz CT molecular complexity index is 1100. The summed E-state index contributed by atoms with van der Waals surface area (Å²) in [6.45, 7) is 2.30. The van der Waals surface area contributed by atoms with E-state index >= 15 is 0 Å². The molecular formula is C28H35F2N5O. The third-order valence-corrected chi connectivity index (χ3v) is 7.56. The summed E-state index contributed by atoms with van der Waals surface area (Å²) in [5, 5.41) is 8.19. The zero-order valence-corrected chi connectivity index (χ0v) is 20.8. The first-order valence-corrected chi connectivity index (χ1v) is 12.9. The second-order valence-corrected chi connectivity index (χ2v) is 9.90. The van der Waals surface area contributed by atoms with Gasteiger partial charge in [0.25, 0.3) is 0 Å². The van der Waals surface area contributed by atoms with Crippen LogP contribution in [0.15, 0.2) is 60.8 Å². The average Bonchev–Trinajstić information content (AvgIpc) is 3.39. The summed E-state index contributed by atoms with van der Waals surface area (Å²) >= 11 is 0. The van der Waals surface area contributed by atoms with Gasteiger partial charge in [-0.3, -0.25) is 9.58 Å². The van der Waals surface area contributed by atoms with Gasteiger partial charge in [-0.25, -0.2) is 0 Å². The molecule has 3 aromatic rings. The van der Waals surface area contributed by atoms with Crippen LogP contribution in [0.5, 0.6) is 5.75 Å². The summed E-state index contributed by atoms with van der Waals surface area (Å²) in [4.78, 5) is 5.10. The van der Waals surface area contributed by atoms with Crippen molar-refractivity contribution < 1.29 is 13.5 Å². The van der Waals surface area contributed by atoms with Crippen LogP contribution >= 0.6 is 0 Å². The lowest BCUT2D eigenvalue weighted by Gasteiger charge is -2.41. The van der Waals surface area contributed by atoms with E-state index in [2.05, 4.69) is 43.8 Å². The van der Waals surface area contributed by atoms with Crippen molar-refractivity contribution in [1.29, 1.82) is 0 Å². The van der Waals surface area contributed by atoms with Gasteiger partial charge < -0.3 is 15.0 Å². The highest BCUT2D eigenvalue weighted by atomic mass is 19.3. The molecule has 0 bridgehead atoms. The van der Waals surface area contributed by atoms with Crippen LogP contribution in [0.4, 0.5) is 14.5 Å². The van der Waals surface area contributed by atoms with E-state index in [-0.39, 0.29) is 5.75 Å². The molecule has 1 saturated carbocycles. The van der Waals surface area contributed by atoms with Gasteiger partial charge in [0, 0.05) is 61.8 Å². The molecule has 2 aromatic carbocycles. The predicted octanol–water partition coefficient (Wildman–Crippen LogP) is 5.49. The molecule has 1 aliphatic heterocycles. The number of anilines is 1. The van der Waals surface area contributed by atoms with Crippen LogP contribution in [0.2, 0.25) is 0 Å². The summed E-state index contributed by atoms with van der Waals surface area (Å²) in [7, 11) is 2.21. The predicted molar refractivity (Wildman–Crippen MR) is 138 cm³/mol. The van der Waals surface area contributed by atoms with Crippen molar-refractivity contribution in [1.82, 2.24) is 19.6 Å². The molecule has 192 valence electrons. The Kier molecular flexibility index (Phi) is 7.82. The quantitative estimate of drug-likeness (QED) is 0.448. The van der Waals surface area contributed by atoms with Gasteiger partial charge in [-0.15, -0.1) is 0 Å². The molecule has 0 spiro atoms. The Balaban J connectivity index is 1.14. The van der Waals surface area contributed by atoms with Gasteiger partial charge in [-0.05, 0) is 57.0 Å². The molecule has 2 fully saturated rings. The van der Waals surface area contributed by atoms with Crippen LogP contribution < -0.4 is 10.1 Å². The topological polar surface area (TPSA) is 45.6 Å². The average molecular weight is 496 g/mol. The van der Waals surface area contributed by atoms with Gasteiger partial charge in [-0.2, -0.15) is 13.9 Å². The highest BCUT2D eigenvalue weighted by molar-refractivity contribution is 5.62. The second-order valence-electron chi connectivity index (χ2n) is 9.90. The van der Waals surface area contributed by atoms with Gasteiger partial charge in [0.2, 0.25) is 0 Å². The van der Waals surface area contributed by atoms with Gasteiger partial charge in [0.05, 0.1) is 11.7 Å². The summed E-state index contributed by atoms with van der Waals surface area (Å²) < 4.78 is 32.1. The summed E-state index contributed by atoms with van der Waals surface area (Å²) in [6, 6.07) is 18.2. The minimum Gasteiger partial charge on any atom is -0.434 e. The SMILES string of the molecule is CN1CCN([C@H]2CC[C@@H](n3ccc(-c4ccc(NCc5ccccc5OC(F)F)cc4)n3)CC2)CC1. The lowest BCUT2D eigenvalue weighted by atomic mass is 9.90. The normalized spacial score (nSPS) is 21.6. The fourth-order valence-corrected chi connectivity index (χ4v) is 5.39. The molecule has 0 amide bonds. The van der Waals surface area contributed by atoms with E-state index in [1.165, 1.54) is 51.9 Å². The Morgan fingerprint density at radius 2 is 1.61 bits per heavy atom. The lowest BCUT2D eigenvalue weighted by molar-refractivity contribution is -0.0504. The number of piperazine rings is 1. The molecule has 6 nitrogen and oxygen atoms in total.